The van der Waals surface area contributed by atoms with Gasteiger partial charge in [-0.3, -0.25) is 11.3 Å². The number of hydrogen-bond acceptors (Lipinski definition) is 3. The van der Waals surface area contributed by atoms with Crippen LogP contribution < -0.4 is 11.3 Å². The van der Waals surface area contributed by atoms with Gasteiger partial charge in [0.15, 0.2) is 0 Å². The summed E-state index contributed by atoms with van der Waals surface area (Å²) < 4.78 is 0. The number of hydrogen-bond donors (Lipinski definition) is 2. The van der Waals surface area contributed by atoms with Gasteiger partial charge in [-0.1, -0.05) is 29.8 Å². The van der Waals surface area contributed by atoms with Crippen molar-refractivity contribution in [1.82, 2.24) is 5.43 Å². The van der Waals surface area contributed by atoms with E-state index in [9.17, 15) is 0 Å². The zero-order chi connectivity index (χ0) is 12.8. The van der Waals surface area contributed by atoms with E-state index in [0.29, 0.717) is 0 Å². The third-order valence-corrected chi connectivity index (χ3v) is 4.16. The second-order valence-electron chi connectivity index (χ2n) is 4.24. The molecule has 1 unspecified atom stereocenters. The number of halogens is 1. The number of aryl methyl sites for hydroxylation is 1. The highest BCUT2D eigenvalue weighted by atomic mass is 35.5. The molecule has 1 aromatic carbocycles. The third kappa shape index (κ3) is 3.82. The van der Waals surface area contributed by atoms with Crippen molar-refractivity contribution in [2.45, 2.75) is 25.3 Å². The van der Waals surface area contributed by atoms with Crippen LogP contribution >= 0.6 is 22.9 Å². The minimum Gasteiger partial charge on any atom is -0.271 e. The van der Waals surface area contributed by atoms with Crippen molar-refractivity contribution in [3.05, 3.63) is 57.2 Å². The molecule has 0 saturated carbocycles. The molecule has 1 atom stereocenters. The van der Waals surface area contributed by atoms with Crippen molar-refractivity contribution in [2.75, 3.05) is 0 Å². The van der Waals surface area contributed by atoms with Crippen LogP contribution in [0.1, 0.15) is 29.3 Å². The Morgan fingerprint density at radius 1 is 1.22 bits per heavy atom. The van der Waals surface area contributed by atoms with E-state index < -0.39 is 0 Å². The van der Waals surface area contributed by atoms with E-state index in [2.05, 4.69) is 22.9 Å². The molecule has 3 N–H and O–H groups in total. The Bertz CT molecular complexity index is 453. The van der Waals surface area contributed by atoms with Gasteiger partial charge in [0.25, 0.3) is 0 Å². The SMILES string of the molecule is NNC(CCCc1cccs1)c1ccc(Cl)cc1. The molecular formula is C14H17ClN2S. The van der Waals surface area contributed by atoms with Crippen LogP contribution in [0.4, 0.5) is 0 Å². The molecule has 96 valence electrons. The summed E-state index contributed by atoms with van der Waals surface area (Å²) >= 11 is 7.69. The quantitative estimate of drug-likeness (QED) is 0.621. The summed E-state index contributed by atoms with van der Waals surface area (Å²) in [4.78, 5) is 1.43. The maximum Gasteiger partial charge on any atom is 0.0460 e. The fourth-order valence-electron chi connectivity index (χ4n) is 1.98. The lowest BCUT2D eigenvalue weighted by atomic mass is 10.0. The Labute approximate surface area is 117 Å². The van der Waals surface area contributed by atoms with Crippen LogP contribution in [0.2, 0.25) is 5.02 Å². The van der Waals surface area contributed by atoms with Crippen LogP contribution in [-0.2, 0) is 6.42 Å². The standard InChI is InChI=1S/C14H17ClN2S/c15-12-8-6-11(7-9-12)14(17-16)5-1-3-13-4-2-10-18-13/h2,4,6-10,14,17H,1,3,5,16H2. The van der Waals surface area contributed by atoms with E-state index in [-0.39, 0.29) is 6.04 Å². The largest absolute Gasteiger partial charge is 0.271 e. The molecule has 18 heavy (non-hydrogen) atoms. The summed E-state index contributed by atoms with van der Waals surface area (Å²) in [6.45, 7) is 0. The molecular weight excluding hydrogens is 264 g/mol. The Morgan fingerprint density at radius 2 is 2.00 bits per heavy atom. The molecule has 2 aromatic rings. The first-order chi connectivity index (χ1) is 8.79. The number of nitrogens with two attached hydrogens (primary N) is 1. The van der Waals surface area contributed by atoms with E-state index in [1.54, 1.807) is 0 Å². The summed E-state index contributed by atoms with van der Waals surface area (Å²) in [6.07, 6.45) is 3.26. The van der Waals surface area contributed by atoms with Crippen molar-refractivity contribution in [1.29, 1.82) is 0 Å². The highest BCUT2D eigenvalue weighted by Crippen LogP contribution is 2.21. The van der Waals surface area contributed by atoms with Gasteiger partial charge >= 0.3 is 0 Å². The maximum absolute atomic E-state index is 5.88. The molecule has 1 aromatic heterocycles. The van der Waals surface area contributed by atoms with E-state index in [1.165, 1.54) is 10.4 Å². The lowest BCUT2D eigenvalue weighted by molar-refractivity contribution is 0.499. The number of nitrogens with one attached hydrogen (secondary N) is 1. The maximum atomic E-state index is 5.88. The van der Waals surface area contributed by atoms with Gasteiger partial charge < -0.3 is 0 Å². The molecule has 2 nitrogen and oxygen atoms in total. The van der Waals surface area contributed by atoms with Crippen LogP contribution in [-0.4, -0.2) is 0 Å². The van der Waals surface area contributed by atoms with E-state index in [0.717, 1.165) is 24.3 Å². The fourth-order valence-corrected chi connectivity index (χ4v) is 2.85. The summed E-state index contributed by atoms with van der Waals surface area (Å²) in [5, 5.41) is 2.88. The molecule has 0 aliphatic heterocycles. The summed E-state index contributed by atoms with van der Waals surface area (Å²) in [7, 11) is 0. The molecule has 1 heterocycles. The van der Waals surface area contributed by atoms with Gasteiger partial charge in [0, 0.05) is 15.9 Å². The van der Waals surface area contributed by atoms with Gasteiger partial charge in [-0.15, -0.1) is 11.3 Å². The van der Waals surface area contributed by atoms with Crippen molar-refractivity contribution in [2.24, 2.45) is 5.84 Å². The number of benzene rings is 1. The minimum atomic E-state index is 0.197. The molecule has 0 spiro atoms. The molecule has 0 aliphatic rings. The van der Waals surface area contributed by atoms with Gasteiger partial charge in [0.05, 0.1) is 0 Å². The first-order valence-corrected chi connectivity index (χ1v) is 7.29. The fraction of sp³-hybridized carbons (Fsp3) is 0.286. The summed E-state index contributed by atoms with van der Waals surface area (Å²) in [5.74, 6) is 5.62. The first kappa shape index (κ1) is 13.6. The monoisotopic (exact) mass is 280 g/mol. The smallest absolute Gasteiger partial charge is 0.0460 e. The number of hydrazine groups is 1. The predicted octanol–water partition coefficient (Wildman–Crippen LogP) is 3.93. The van der Waals surface area contributed by atoms with Crippen molar-refractivity contribution < 1.29 is 0 Å². The van der Waals surface area contributed by atoms with Crippen molar-refractivity contribution >= 4 is 22.9 Å². The Morgan fingerprint density at radius 3 is 2.61 bits per heavy atom. The number of thiophene rings is 1. The Hall–Kier alpha value is -0.870. The number of rotatable bonds is 6. The first-order valence-electron chi connectivity index (χ1n) is 6.03. The second kappa shape index (κ2) is 6.90. The van der Waals surface area contributed by atoms with Gasteiger partial charge in [0.1, 0.15) is 0 Å². The average Bonchev–Trinajstić information content (AvgIpc) is 2.89. The van der Waals surface area contributed by atoms with Crippen molar-refractivity contribution in [3.8, 4) is 0 Å². The third-order valence-electron chi connectivity index (χ3n) is 2.97. The second-order valence-corrected chi connectivity index (χ2v) is 5.71. The summed E-state index contributed by atoms with van der Waals surface area (Å²) in [6, 6.07) is 12.3. The van der Waals surface area contributed by atoms with Crippen LogP contribution in [0.15, 0.2) is 41.8 Å². The van der Waals surface area contributed by atoms with Gasteiger partial charge in [-0.25, -0.2) is 0 Å². The van der Waals surface area contributed by atoms with Crippen LogP contribution in [0.3, 0.4) is 0 Å². The van der Waals surface area contributed by atoms with Gasteiger partial charge in [-0.05, 0) is 48.4 Å². The lowest BCUT2D eigenvalue weighted by Crippen LogP contribution is -2.28. The Balaban J connectivity index is 1.87. The lowest BCUT2D eigenvalue weighted by Gasteiger charge is -2.16. The van der Waals surface area contributed by atoms with Crippen molar-refractivity contribution in [3.63, 3.8) is 0 Å². The van der Waals surface area contributed by atoms with Crippen LogP contribution in [0.25, 0.3) is 0 Å². The van der Waals surface area contributed by atoms with E-state index in [4.69, 9.17) is 17.4 Å². The summed E-state index contributed by atoms with van der Waals surface area (Å²) in [5.41, 5.74) is 4.07. The van der Waals surface area contributed by atoms with Crippen LogP contribution in [0.5, 0.6) is 0 Å². The molecule has 0 amide bonds. The van der Waals surface area contributed by atoms with Gasteiger partial charge in [0.2, 0.25) is 0 Å². The molecule has 0 saturated heterocycles. The molecule has 0 bridgehead atoms. The van der Waals surface area contributed by atoms with Gasteiger partial charge in [-0.2, -0.15) is 0 Å². The zero-order valence-electron chi connectivity index (χ0n) is 10.1. The molecule has 0 fully saturated rings. The molecule has 2 rings (SSSR count). The molecule has 4 heteroatoms. The molecule has 0 radical (unpaired) electrons. The van der Waals surface area contributed by atoms with E-state index >= 15 is 0 Å². The Kier molecular flexibility index (Phi) is 5.20. The molecule has 0 aliphatic carbocycles. The topological polar surface area (TPSA) is 38.0 Å². The highest BCUT2D eigenvalue weighted by molar-refractivity contribution is 7.09. The van der Waals surface area contributed by atoms with Crippen LogP contribution in [0, 0.1) is 0 Å². The normalized spacial score (nSPS) is 12.6. The predicted molar refractivity (Wildman–Crippen MR) is 78.8 cm³/mol. The zero-order valence-corrected chi connectivity index (χ0v) is 11.7. The minimum absolute atomic E-state index is 0.197. The highest BCUT2D eigenvalue weighted by Gasteiger charge is 2.09. The average molecular weight is 281 g/mol. The van der Waals surface area contributed by atoms with E-state index in [1.807, 2.05) is 35.6 Å².